The molecule has 0 radical (unpaired) electrons. The average Bonchev–Trinajstić information content (AvgIpc) is 3.17. The molecule has 2 aromatic rings. The molecule has 3 N–H and O–H groups in total. The van der Waals surface area contributed by atoms with Crippen molar-refractivity contribution >= 4 is 45.9 Å². The lowest BCUT2D eigenvalue weighted by Gasteiger charge is -2.14. The Morgan fingerprint density at radius 1 is 1.30 bits per heavy atom. The minimum Gasteiger partial charge on any atom is -0.462 e. The van der Waals surface area contributed by atoms with Crippen molar-refractivity contribution in [3.05, 3.63) is 21.8 Å². The number of nitrogens with two attached hydrogens (primary N) is 1. The average molecular weight is 494 g/mol. The van der Waals surface area contributed by atoms with Gasteiger partial charge in [-0.3, -0.25) is 9.59 Å². The lowest BCUT2D eigenvalue weighted by Crippen LogP contribution is -2.19. The van der Waals surface area contributed by atoms with E-state index < -0.39 is 11.9 Å². The van der Waals surface area contributed by atoms with Crippen molar-refractivity contribution in [2.45, 2.75) is 63.3 Å². The molecule has 0 bridgehead atoms. The molecule has 0 spiro atoms. The smallest absolute Gasteiger partial charge is 0.341 e. The number of carbonyl (C=O) groups is 3. The number of nitrogens with zero attached hydrogens (tertiary/aromatic N) is 3. The van der Waals surface area contributed by atoms with Crippen molar-refractivity contribution in [1.82, 2.24) is 14.8 Å². The van der Waals surface area contributed by atoms with Crippen LogP contribution in [-0.2, 0) is 20.8 Å². The largest absolute Gasteiger partial charge is 0.462 e. The molecule has 0 unspecified atom stereocenters. The van der Waals surface area contributed by atoms with Crippen LogP contribution in [0, 0.1) is 6.92 Å². The first-order chi connectivity index (χ1) is 15.9. The lowest BCUT2D eigenvalue weighted by molar-refractivity contribution is -0.113. The zero-order chi connectivity index (χ0) is 23.5. The number of ether oxygens (including phenoxy) is 2. The molecule has 33 heavy (non-hydrogen) atoms. The first kappa shape index (κ1) is 23.7. The van der Waals surface area contributed by atoms with E-state index in [9.17, 15) is 14.4 Å². The fourth-order valence-electron chi connectivity index (χ4n) is 3.79. The fourth-order valence-corrected chi connectivity index (χ4v) is 5.61. The Balaban J connectivity index is 1.46. The van der Waals surface area contributed by atoms with Gasteiger partial charge in [0.25, 0.3) is 5.91 Å². The van der Waals surface area contributed by atoms with E-state index in [1.54, 1.807) is 13.8 Å². The van der Waals surface area contributed by atoms with E-state index in [4.69, 9.17) is 15.2 Å². The molecule has 12 heteroatoms. The first-order valence-electron chi connectivity index (χ1n) is 11.0. The van der Waals surface area contributed by atoms with Crippen LogP contribution in [0.3, 0.4) is 0 Å². The predicted octanol–water partition coefficient (Wildman–Crippen LogP) is 2.71. The summed E-state index contributed by atoms with van der Waals surface area (Å²) < 4.78 is 13.0. The van der Waals surface area contributed by atoms with Crippen molar-refractivity contribution in [1.29, 1.82) is 0 Å². The number of amides is 2. The molecular formula is C21H27N5O5S2. The highest BCUT2D eigenvalue weighted by Crippen LogP contribution is 2.40. The number of anilines is 1. The van der Waals surface area contributed by atoms with Gasteiger partial charge in [-0.15, -0.1) is 21.5 Å². The first-order valence-corrected chi connectivity index (χ1v) is 12.8. The van der Waals surface area contributed by atoms with Crippen LogP contribution in [0.4, 0.5) is 5.00 Å². The molecule has 2 aromatic heterocycles. The van der Waals surface area contributed by atoms with Crippen molar-refractivity contribution in [3.8, 4) is 0 Å². The van der Waals surface area contributed by atoms with Gasteiger partial charge >= 0.3 is 5.97 Å². The molecule has 2 fully saturated rings. The van der Waals surface area contributed by atoms with Crippen LogP contribution < -0.4 is 11.1 Å². The number of primary amides is 1. The van der Waals surface area contributed by atoms with Gasteiger partial charge in [-0.05, 0) is 45.1 Å². The van der Waals surface area contributed by atoms with Gasteiger partial charge in [0.2, 0.25) is 5.91 Å². The SMILES string of the molecule is CCOC(=O)c1c(NC(=O)CSc2nnc(C3CC3)n2C[C@@H]2CCCO2)sc(C(N)=O)c1C. The quantitative estimate of drug-likeness (QED) is 0.380. The predicted molar refractivity (Wildman–Crippen MR) is 124 cm³/mol. The topological polar surface area (TPSA) is 138 Å². The zero-order valence-corrected chi connectivity index (χ0v) is 20.2. The Hall–Kier alpha value is -2.44. The number of carbonyl (C=O) groups excluding carboxylic acids is 3. The summed E-state index contributed by atoms with van der Waals surface area (Å²) in [5, 5.41) is 12.4. The maximum Gasteiger partial charge on any atom is 0.341 e. The van der Waals surface area contributed by atoms with E-state index in [1.807, 2.05) is 0 Å². The Kier molecular flexibility index (Phi) is 7.35. The molecule has 0 aromatic carbocycles. The molecule has 1 aliphatic heterocycles. The van der Waals surface area contributed by atoms with Crippen LogP contribution in [0.25, 0.3) is 0 Å². The second-order valence-corrected chi connectivity index (χ2v) is 10.0. The summed E-state index contributed by atoms with van der Waals surface area (Å²) in [6.45, 7) is 4.92. The van der Waals surface area contributed by atoms with Crippen LogP contribution in [0.1, 0.15) is 69.9 Å². The number of rotatable bonds is 10. The van der Waals surface area contributed by atoms with Crippen LogP contribution >= 0.6 is 23.1 Å². The number of thioether (sulfide) groups is 1. The molecule has 1 aliphatic carbocycles. The monoisotopic (exact) mass is 493 g/mol. The van der Waals surface area contributed by atoms with E-state index in [1.165, 1.54) is 11.8 Å². The molecule has 10 nitrogen and oxygen atoms in total. The number of hydrogen-bond donors (Lipinski definition) is 2. The second-order valence-electron chi connectivity index (χ2n) is 8.04. The molecular weight excluding hydrogens is 466 g/mol. The number of nitrogens with one attached hydrogen (secondary N) is 1. The van der Waals surface area contributed by atoms with Gasteiger partial charge in [0.15, 0.2) is 5.16 Å². The van der Waals surface area contributed by atoms with Crippen LogP contribution in [0.2, 0.25) is 0 Å². The zero-order valence-electron chi connectivity index (χ0n) is 18.6. The van der Waals surface area contributed by atoms with E-state index in [0.29, 0.717) is 23.2 Å². The van der Waals surface area contributed by atoms with Gasteiger partial charge in [-0.25, -0.2) is 4.79 Å². The van der Waals surface area contributed by atoms with Gasteiger partial charge in [0, 0.05) is 12.5 Å². The van der Waals surface area contributed by atoms with E-state index in [-0.39, 0.29) is 39.8 Å². The summed E-state index contributed by atoms with van der Waals surface area (Å²) in [5.74, 6) is -0.143. The van der Waals surface area contributed by atoms with Gasteiger partial charge < -0.3 is 25.1 Å². The molecule has 1 saturated carbocycles. The van der Waals surface area contributed by atoms with Gasteiger partial charge in [-0.2, -0.15) is 0 Å². The summed E-state index contributed by atoms with van der Waals surface area (Å²) >= 11 is 2.26. The van der Waals surface area contributed by atoms with Gasteiger partial charge in [0.1, 0.15) is 10.8 Å². The number of esters is 1. The highest BCUT2D eigenvalue weighted by Gasteiger charge is 2.32. The summed E-state index contributed by atoms with van der Waals surface area (Å²) in [7, 11) is 0. The third-order valence-electron chi connectivity index (χ3n) is 5.53. The van der Waals surface area contributed by atoms with E-state index in [2.05, 4.69) is 20.1 Å². The van der Waals surface area contributed by atoms with Crippen molar-refractivity contribution in [2.75, 3.05) is 24.3 Å². The second kappa shape index (κ2) is 10.2. The van der Waals surface area contributed by atoms with Crippen molar-refractivity contribution < 1.29 is 23.9 Å². The Morgan fingerprint density at radius 2 is 2.09 bits per heavy atom. The molecule has 2 amide bonds. The van der Waals surface area contributed by atoms with Gasteiger partial charge in [-0.1, -0.05) is 11.8 Å². The van der Waals surface area contributed by atoms with Crippen LogP contribution in [-0.4, -0.2) is 57.6 Å². The Labute approximate surface area is 199 Å². The Morgan fingerprint density at radius 3 is 2.73 bits per heavy atom. The van der Waals surface area contributed by atoms with E-state index in [0.717, 1.165) is 49.5 Å². The summed E-state index contributed by atoms with van der Waals surface area (Å²) in [5.41, 5.74) is 5.99. The summed E-state index contributed by atoms with van der Waals surface area (Å²) in [6, 6.07) is 0. The third kappa shape index (κ3) is 5.39. The van der Waals surface area contributed by atoms with E-state index >= 15 is 0 Å². The maximum absolute atomic E-state index is 12.7. The lowest BCUT2D eigenvalue weighted by atomic mass is 10.1. The Bertz CT molecular complexity index is 1060. The number of hydrogen-bond acceptors (Lipinski definition) is 9. The molecule has 4 rings (SSSR count). The molecule has 178 valence electrons. The highest BCUT2D eigenvalue weighted by molar-refractivity contribution is 7.99. The summed E-state index contributed by atoms with van der Waals surface area (Å²) in [6.07, 6.45) is 4.40. The number of thiophene rings is 1. The fraction of sp³-hybridized carbons (Fsp3) is 0.571. The molecule has 3 heterocycles. The minimum absolute atomic E-state index is 0.0689. The van der Waals surface area contributed by atoms with Gasteiger partial charge in [0.05, 0.1) is 35.4 Å². The maximum atomic E-state index is 12.7. The van der Waals surface area contributed by atoms with Crippen LogP contribution in [0.15, 0.2) is 5.16 Å². The normalized spacial score (nSPS) is 17.8. The highest BCUT2D eigenvalue weighted by atomic mass is 32.2. The molecule has 1 saturated heterocycles. The molecule has 2 aliphatic rings. The standard InChI is InChI=1S/C21H27N5O5S2/c1-3-30-20(29)15-11(2)16(17(22)28)33-19(15)23-14(27)10-32-21-25-24-18(12-6-7-12)26(21)9-13-5-4-8-31-13/h12-13H,3-10H2,1-2H3,(H2,22,28)(H,23,27)/t13-/m0/s1. The van der Waals surface area contributed by atoms with Crippen LogP contribution in [0.5, 0.6) is 0 Å². The minimum atomic E-state index is -0.659. The van der Waals surface area contributed by atoms with Crippen molar-refractivity contribution in [3.63, 3.8) is 0 Å². The molecule has 1 atom stereocenters. The number of aromatic nitrogens is 3. The summed E-state index contributed by atoms with van der Waals surface area (Å²) in [4.78, 5) is 37.1. The van der Waals surface area contributed by atoms with Crippen molar-refractivity contribution in [2.24, 2.45) is 5.73 Å². The third-order valence-corrected chi connectivity index (χ3v) is 7.72.